The maximum Gasteiger partial charge on any atom is 0.414 e. The molecule has 0 spiro atoms. The smallest absolute Gasteiger partial charge is 0.414 e. The standard InChI is InChI=1S/C19H25Cl2N3O2.C2H2O4/c1-3-7-24(8-4-2)9-5-6-22-19(26)16-12-17(25)18-14(21)10-13(20)11-15(18)23-16;3-1(4)2(5)6/h10-12H,3-9H2,1-2H3,(H,22,26)(H,23,25);(H,3,4)(H,5,6). The van der Waals surface area contributed by atoms with Crippen molar-refractivity contribution < 1.29 is 24.6 Å². The number of carbonyl (C=O) groups excluding carboxylic acids is 1. The summed E-state index contributed by atoms with van der Waals surface area (Å²) in [7, 11) is 0. The monoisotopic (exact) mass is 487 g/mol. The number of rotatable bonds is 9. The Balaban J connectivity index is 0.000000751. The van der Waals surface area contributed by atoms with Crippen LogP contribution in [0.4, 0.5) is 0 Å². The van der Waals surface area contributed by atoms with Crippen LogP contribution in [0.2, 0.25) is 10.0 Å². The van der Waals surface area contributed by atoms with Gasteiger partial charge in [0.1, 0.15) is 5.69 Å². The molecular formula is C21H27Cl2N3O6. The summed E-state index contributed by atoms with van der Waals surface area (Å²) in [5.41, 5.74) is 0.361. The Morgan fingerprint density at radius 1 is 1.00 bits per heavy atom. The third kappa shape index (κ3) is 8.86. The van der Waals surface area contributed by atoms with E-state index in [-0.39, 0.29) is 22.1 Å². The molecule has 0 saturated carbocycles. The Hall–Kier alpha value is -2.62. The van der Waals surface area contributed by atoms with Crippen molar-refractivity contribution in [1.29, 1.82) is 0 Å². The van der Waals surface area contributed by atoms with Crippen LogP contribution >= 0.6 is 23.2 Å². The summed E-state index contributed by atoms with van der Waals surface area (Å²) in [5, 5.41) is 18.7. The summed E-state index contributed by atoms with van der Waals surface area (Å²) in [6.07, 6.45) is 3.10. The number of H-pyrrole nitrogens is 1. The highest BCUT2D eigenvalue weighted by Crippen LogP contribution is 2.24. The fourth-order valence-corrected chi connectivity index (χ4v) is 3.58. The SMILES string of the molecule is CCCN(CCC)CCCNC(=O)c1cc(=O)c2c(Cl)cc(Cl)cc2[nH]1.O=C(O)C(=O)O. The van der Waals surface area contributed by atoms with Crippen LogP contribution < -0.4 is 10.7 Å². The summed E-state index contributed by atoms with van der Waals surface area (Å²) >= 11 is 12.1. The fourth-order valence-electron chi connectivity index (χ4n) is 3.00. The maximum atomic E-state index is 12.3. The minimum absolute atomic E-state index is 0.208. The van der Waals surface area contributed by atoms with Gasteiger partial charge in [0.25, 0.3) is 5.91 Å². The number of benzene rings is 1. The van der Waals surface area contributed by atoms with E-state index in [1.165, 1.54) is 12.1 Å². The molecule has 0 atom stereocenters. The van der Waals surface area contributed by atoms with Gasteiger partial charge in [-0.25, -0.2) is 9.59 Å². The zero-order valence-electron chi connectivity index (χ0n) is 17.9. The first-order valence-corrected chi connectivity index (χ1v) is 10.8. The van der Waals surface area contributed by atoms with Gasteiger partial charge in [0.15, 0.2) is 5.43 Å². The molecule has 4 N–H and O–H groups in total. The van der Waals surface area contributed by atoms with Gasteiger partial charge in [-0.15, -0.1) is 0 Å². The molecule has 1 aromatic heterocycles. The third-order valence-corrected chi connectivity index (χ3v) is 4.81. The van der Waals surface area contributed by atoms with Gasteiger partial charge >= 0.3 is 11.9 Å². The zero-order chi connectivity index (χ0) is 24.3. The fraction of sp³-hybridized carbons (Fsp3) is 0.429. The number of fused-ring (bicyclic) bond motifs is 1. The van der Waals surface area contributed by atoms with E-state index in [1.807, 2.05) is 0 Å². The van der Waals surface area contributed by atoms with Gasteiger partial charge in [0, 0.05) is 17.6 Å². The molecule has 0 fully saturated rings. The Labute approximate surface area is 195 Å². The van der Waals surface area contributed by atoms with E-state index >= 15 is 0 Å². The minimum atomic E-state index is -1.82. The number of halogens is 2. The van der Waals surface area contributed by atoms with Gasteiger partial charge < -0.3 is 25.4 Å². The number of nitrogens with one attached hydrogen (secondary N) is 2. The normalized spacial score (nSPS) is 10.5. The quantitative estimate of drug-likeness (QED) is 0.314. The van der Waals surface area contributed by atoms with Crippen molar-refractivity contribution in [3.63, 3.8) is 0 Å². The molecule has 0 saturated heterocycles. The summed E-state index contributed by atoms with van der Waals surface area (Å²) in [4.78, 5) is 48.2. The summed E-state index contributed by atoms with van der Waals surface area (Å²) in [6, 6.07) is 4.38. The maximum absolute atomic E-state index is 12.3. The number of hydrogen-bond acceptors (Lipinski definition) is 5. The second-order valence-electron chi connectivity index (χ2n) is 6.92. The molecule has 0 aliphatic heterocycles. The molecule has 1 heterocycles. The first kappa shape index (κ1) is 27.4. The lowest BCUT2D eigenvalue weighted by atomic mass is 10.2. The van der Waals surface area contributed by atoms with Crippen molar-refractivity contribution in [1.82, 2.24) is 15.2 Å². The lowest BCUT2D eigenvalue weighted by Gasteiger charge is -2.20. The van der Waals surface area contributed by atoms with Crippen LogP contribution in [0.25, 0.3) is 10.9 Å². The van der Waals surface area contributed by atoms with Crippen molar-refractivity contribution >= 4 is 52.0 Å². The van der Waals surface area contributed by atoms with E-state index in [9.17, 15) is 9.59 Å². The van der Waals surface area contributed by atoms with Gasteiger partial charge in [-0.2, -0.15) is 0 Å². The van der Waals surface area contributed by atoms with Crippen LogP contribution in [0.3, 0.4) is 0 Å². The molecule has 1 aromatic carbocycles. The average Bonchev–Trinajstić information content (AvgIpc) is 2.70. The van der Waals surface area contributed by atoms with E-state index < -0.39 is 11.9 Å². The van der Waals surface area contributed by atoms with Crippen LogP contribution in [0, 0.1) is 0 Å². The molecule has 2 rings (SSSR count). The van der Waals surface area contributed by atoms with Crippen LogP contribution in [0.1, 0.15) is 43.6 Å². The van der Waals surface area contributed by atoms with Crippen LogP contribution in [0.5, 0.6) is 0 Å². The predicted octanol–water partition coefficient (Wildman–Crippen LogP) is 3.23. The topological polar surface area (TPSA) is 140 Å². The number of aliphatic carboxylic acids is 2. The summed E-state index contributed by atoms with van der Waals surface area (Å²) in [6.45, 7) is 7.97. The number of aromatic nitrogens is 1. The molecule has 0 unspecified atom stereocenters. The number of nitrogens with zero attached hydrogens (tertiary/aromatic N) is 1. The van der Waals surface area contributed by atoms with Crippen LogP contribution in [0.15, 0.2) is 23.0 Å². The van der Waals surface area contributed by atoms with Gasteiger partial charge in [0.2, 0.25) is 0 Å². The zero-order valence-corrected chi connectivity index (χ0v) is 19.4. The molecule has 0 radical (unpaired) electrons. The van der Waals surface area contributed by atoms with Crippen molar-refractivity contribution in [3.05, 3.63) is 44.2 Å². The van der Waals surface area contributed by atoms with Crippen molar-refractivity contribution in [2.75, 3.05) is 26.2 Å². The lowest BCUT2D eigenvalue weighted by molar-refractivity contribution is -0.159. The Morgan fingerprint density at radius 3 is 2.12 bits per heavy atom. The second kappa shape index (κ2) is 13.7. The van der Waals surface area contributed by atoms with E-state index in [2.05, 4.69) is 29.0 Å². The number of aromatic amines is 1. The number of hydrogen-bond donors (Lipinski definition) is 4. The molecule has 0 aliphatic carbocycles. The number of amides is 1. The Morgan fingerprint density at radius 2 is 1.59 bits per heavy atom. The highest BCUT2D eigenvalue weighted by molar-refractivity contribution is 6.38. The Bertz CT molecular complexity index is 991. The summed E-state index contributed by atoms with van der Waals surface area (Å²) in [5.74, 6) is -3.96. The predicted molar refractivity (Wildman–Crippen MR) is 124 cm³/mol. The first-order valence-electron chi connectivity index (χ1n) is 10.1. The van der Waals surface area contributed by atoms with E-state index in [1.54, 1.807) is 6.07 Å². The van der Waals surface area contributed by atoms with Crippen molar-refractivity contribution in [3.8, 4) is 0 Å². The molecule has 2 aromatic rings. The van der Waals surface area contributed by atoms with Crippen molar-refractivity contribution in [2.24, 2.45) is 0 Å². The molecule has 1 amide bonds. The molecule has 32 heavy (non-hydrogen) atoms. The number of carboxylic acids is 2. The lowest BCUT2D eigenvalue weighted by Crippen LogP contribution is -2.31. The molecule has 11 heteroatoms. The highest BCUT2D eigenvalue weighted by Gasteiger charge is 2.12. The molecular weight excluding hydrogens is 461 g/mol. The van der Waals surface area contributed by atoms with Gasteiger partial charge in [0.05, 0.1) is 15.9 Å². The van der Waals surface area contributed by atoms with E-state index in [0.29, 0.717) is 22.5 Å². The number of pyridine rings is 1. The summed E-state index contributed by atoms with van der Waals surface area (Å²) < 4.78 is 0. The highest BCUT2D eigenvalue weighted by atomic mass is 35.5. The van der Waals surface area contributed by atoms with Gasteiger partial charge in [-0.05, 0) is 51.0 Å². The third-order valence-electron chi connectivity index (χ3n) is 4.29. The molecule has 176 valence electrons. The molecule has 0 bridgehead atoms. The average molecular weight is 488 g/mol. The van der Waals surface area contributed by atoms with Crippen LogP contribution in [-0.2, 0) is 9.59 Å². The largest absolute Gasteiger partial charge is 0.473 e. The molecule has 9 nitrogen and oxygen atoms in total. The minimum Gasteiger partial charge on any atom is -0.473 e. The van der Waals surface area contributed by atoms with E-state index in [0.717, 1.165) is 38.9 Å². The van der Waals surface area contributed by atoms with Gasteiger partial charge in [-0.1, -0.05) is 37.0 Å². The number of carbonyl (C=O) groups is 3. The van der Waals surface area contributed by atoms with Crippen LogP contribution in [-0.4, -0.2) is 64.1 Å². The molecule has 0 aliphatic rings. The van der Waals surface area contributed by atoms with Crippen molar-refractivity contribution in [2.45, 2.75) is 33.1 Å². The number of carboxylic acid groups (broad SMARTS) is 2. The second-order valence-corrected chi connectivity index (χ2v) is 7.76. The Kier molecular flexibility index (Phi) is 11.8. The first-order chi connectivity index (χ1) is 15.1. The van der Waals surface area contributed by atoms with Gasteiger partial charge in [-0.3, -0.25) is 9.59 Å². The van der Waals surface area contributed by atoms with E-state index in [4.69, 9.17) is 43.0 Å².